The third kappa shape index (κ3) is 4.57. The second kappa shape index (κ2) is 7.62. The highest BCUT2D eigenvalue weighted by atomic mass is 16.2. The zero-order valence-electron chi connectivity index (χ0n) is 14.8. The van der Waals surface area contributed by atoms with Gasteiger partial charge in [0.2, 0.25) is 11.8 Å². The molecule has 23 heavy (non-hydrogen) atoms. The van der Waals surface area contributed by atoms with Crippen LogP contribution in [0.4, 0.5) is 0 Å². The Morgan fingerprint density at radius 3 is 2.30 bits per heavy atom. The summed E-state index contributed by atoms with van der Waals surface area (Å²) in [5, 5.41) is 0. The fourth-order valence-electron chi connectivity index (χ4n) is 2.95. The molecular weight excluding hydrogens is 288 g/mol. The van der Waals surface area contributed by atoms with Crippen LogP contribution in [0.1, 0.15) is 37.0 Å². The van der Waals surface area contributed by atoms with Crippen LogP contribution >= 0.6 is 0 Å². The van der Waals surface area contributed by atoms with E-state index in [4.69, 9.17) is 0 Å². The number of rotatable bonds is 3. The molecule has 126 valence electrons. The zero-order valence-corrected chi connectivity index (χ0v) is 14.8. The molecule has 1 aliphatic heterocycles. The predicted molar refractivity (Wildman–Crippen MR) is 92.2 cm³/mol. The number of amides is 2. The second-order valence-corrected chi connectivity index (χ2v) is 6.81. The summed E-state index contributed by atoms with van der Waals surface area (Å²) in [4.78, 5) is 28.5. The maximum Gasteiger partial charge on any atom is 0.227 e. The summed E-state index contributed by atoms with van der Waals surface area (Å²) in [6, 6.07) is 6.20. The van der Waals surface area contributed by atoms with Gasteiger partial charge in [-0.05, 0) is 37.0 Å². The molecule has 0 aliphatic carbocycles. The normalized spacial score (nSPS) is 15.7. The van der Waals surface area contributed by atoms with Gasteiger partial charge in [-0.3, -0.25) is 9.59 Å². The lowest BCUT2D eigenvalue weighted by molar-refractivity contribution is -0.135. The molecule has 2 rings (SSSR count). The summed E-state index contributed by atoms with van der Waals surface area (Å²) in [6.45, 7) is 10.8. The van der Waals surface area contributed by atoms with E-state index >= 15 is 0 Å². The van der Waals surface area contributed by atoms with Crippen molar-refractivity contribution in [3.05, 3.63) is 34.9 Å². The molecule has 1 aliphatic rings. The minimum atomic E-state index is 0.0211. The van der Waals surface area contributed by atoms with Crippen molar-refractivity contribution in [2.75, 3.05) is 26.2 Å². The van der Waals surface area contributed by atoms with Crippen LogP contribution in [-0.4, -0.2) is 47.8 Å². The Morgan fingerprint density at radius 2 is 1.65 bits per heavy atom. The smallest absolute Gasteiger partial charge is 0.227 e. The zero-order chi connectivity index (χ0) is 17.0. The monoisotopic (exact) mass is 316 g/mol. The van der Waals surface area contributed by atoms with E-state index in [0.29, 0.717) is 19.5 Å². The van der Waals surface area contributed by atoms with Gasteiger partial charge in [-0.25, -0.2) is 0 Å². The van der Waals surface area contributed by atoms with E-state index in [-0.39, 0.29) is 17.7 Å². The SMILES string of the molecule is Cc1ccc(CC(=O)N2CCCN(C(=O)C(C)C)CC2)cc1C. The van der Waals surface area contributed by atoms with Crippen molar-refractivity contribution in [2.24, 2.45) is 5.92 Å². The lowest BCUT2D eigenvalue weighted by Gasteiger charge is -2.23. The van der Waals surface area contributed by atoms with Crippen molar-refractivity contribution in [1.82, 2.24) is 9.80 Å². The number of aryl methyl sites for hydroxylation is 2. The predicted octanol–water partition coefficient (Wildman–Crippen LogP) is 2.56. The van der Waals surface area contributed by atoms with Gasteiger partial charge >= 0.3 is 0 Å². The number of hydrogen-bond donors (Lipinski definition) is 0. The Kier molecular flexibility index (Phi) is 5.80. The molecule has 0 unspecified atom stereocenters. The van der Waals surface area contributed by atoms with E-state index in [1.165, 1.54) is 11.1 Å². The van der Waals surface area contributed by atoms with Crippen LogP contribution in [0.15, 0.2) is 18.2 Å². The molecule has 1 heterocycles. The molecule has 0 radical (unpaired) electrons. The highest BCUT2D eigenvalue weighted by Gasteiger charge is 2.23. The van der Waals surface area contributed by atoms with Gasteiger partial charge in [0.15, 0.2) is 0 Å². The van der Waals surface area contributed by atoms with Gasteiger partial charge in [0.05, 0.1) is 6.42 Å². The molecule has 4 nitrogen and oxygen atoms in total. The molecule has 0 spiro atoms. The van der Waals surface area contributed by atoms with Crippen molar-refractivity contribution in [1.29, 1.82) is 0 Å². The van der Waals surface area contributed by atoms with Gasteiger partial charge in [0, 0.05) is 32.1 Å². The van der Waals surface area contributed by atoms with Crippen LogP contribution in [0, 0.1) is 19.8 Å². The van der Waals surface area contributed by atoms with Gasteiger partial charge in [-0.2, -0.15) is 0 Å². The average molecular weight is 316 g/mol. The molecule has 1 saturated heterocycles. The van der Waals surface area contributed by atoms with Crippen LogP contribution in [0.2, 0.25) is 0 Å². The molecule has 4 heteroatoms. The first-order valence-corrected chi connectivity index (χ1v) is 8.51. The fraction of sp³-hybridized carbons (Fsp3) is 0.579. The van der Waals surface area contributed by atoms with Crippen molar-refractivity contribution < 1.29 is 9.59 Å². The molecule has 0 bridgehead atoms. The van der Waals surface area contributed by atoms with E-state index in [9.17, 15) is 9.59 Å². The second-order valence-electron chi connectivity index (χ2n) is 6.81. The molecule has 1 aromatic rings. The molecular formula is C19H28N2O2. The van der Waals surface area contributed by atoms with E-state index < -0.39 is 0 Å². The summed E-state index contributed by atoms with van der Waals surface area (Å²) in [7, 11) is 0. The molecule has 0 atom stereocenters. The fourth-order valence-corrected chi connectivity index (χ4v) is 2.95. The Hall–Kier alpha value is -1.84. The van der Waals surface area contributed by atoms with Gasteiger partial charge in [0.1, 0.15) is 0 Å². The largest absolute Gasteiger partial charge is 0.341 e. The highest BCUT2D eigenvalue weighted by molar-refractivity contribution is 5.80. The minimum absolute atomic E-state index is 0.0211. The van der Waals surface area contributed by atoms with Gasteiger partial charge < -0.3 is 9.80 Å². The van der Waals surface area contributed by atoms with E-state index in [1.54, 1.807) is 0 Å². The number of nitrogens with zero attached hydrogens (tertiary/aromatic N) is 2. The van der Waals surface area contributed by atoms with Crippen molar-refractivity contribution in [3.63, 3.8) is 0 Å². The Morgan fingerprint density at radius 1 is 1.00 bits per heavy atom. The van der Waals surface area contributed by atoms with E-state index in [1.807, 2.05) is 29.7 Å². The summed E-state index contributed by atoms with van der Waals surface area (Å²) in [5.41, 5.74) is 3.54. The number of carbonyl (C=O) groups is 2. The summed E-state index contributed by atoms with van der Waals surface area (Å²) in [5.74, 6) is 0.369. The molecule has 0 saturated carbocycles. The number of carbonyl (C=O) groups excluding carboxylic acids is 2. The minimum Gasteiger partial charge on any atom is -0.341 e. The highest BCUT2D eigenvalue weighted by Crippen LogP contribution is 2.13. The molecule has 1 aromatic carbocycles. The topological polar surface area (TPSA) is 40.6 Å². The average Bonchev–Trinajstić information content (AvgIpc) is 2.76. The first-order valence-electron chi connectivity index (χ1n) is 8.51. The van der Waals surface area contributed by atoms with Gasteiger partial charge in [0.25, 0.3) is 0 Å². The van der Waals surface area contributed by atoms with Crippen molar-refractivity contribution >= 4 is 11.8 Å². The number of hydrogen-bond acceptors (Lipinski definition) is 2. The van der Waals surface area contributed by atoms with Gasteiger partial charge in [-0.1, -0.05) is 32.0 Å². The summed E-state index contributed by atoms with van der Waals surface area (Å²) in [6.07, 6.45) is 1.30. The van der Waals surface area contributed by atoms with E-state index in [0.717, 1.165) is 25.1 Å². The molecule has 1 fully saturated rings. The van der Waals surface area contributed by atoms with Crippen molar-refractivity contribution in [3.8, 4) is 0 Å². The Labute approximate surface area is 139 Å². The Bertz CT molecular complexity index is 581. The van der Waals surface area contributed by atoms with E-state index in [2.05, 4.69) is 26.0 Å². The van der Waals surface area contributed by atoms with Crippen LogP contribution < -0.4 is 0 Å². The standard InChI is InChI=1S/C19H28N2O2/c1-14(2)19(23)21-9-5-8-20(10-11-21)18(22)13-17-7-6-15(3)16(4)12-17/h6-7,12,14H,5,8-11,13H2,1-4H3. The number of benzene rings is 1. The van der Waals surface area contributed by atoms with Crippen molar-refractivity contribution in [2.45, 2.75) is 40.5 Å². The van der Waals surface area contributed by atoms with Crippen LogP contribution in [0.3, 0.4) is 0 Å². The molecule has 0 aromatic heterocycles. The Balaban J connectivity index is 1.95. The van der Waals surface area contributed by atoms with Gasteiger partial charge in [-0.15, -0.1) is 0 Å². The summed E-state index contributed by atoms with van der Waals surface area (Å²) >= 11 is 0. The van der Waals surface area contributed by atoms with Crippen LogP contribution in [0.25, 0.3) is 0 Å². The quantitative estimate of drug-likeness (QED) is 0.860. The third-order valence-corrected chi connectivity index (χ3v) is 4.58. The first kappa shape index (κ1) is 17.5. The van der Waals surface area contributed by atoms with Crippen LogP contribution in [-0.2, 0) is 16.0 Å². The lowest BCUT2D eigenvalue weighted by Crippen LogP contribution is -2.39. The summed E-state index contributed by atoms with van der Waals surface area (Å²) < 4.78 is 0. The first-order chi connectivity index (χ1) is 10.9. The maximum absolute atomic E-state index is 12.5. The van der Waals surface area contributed by atoms with Crippen LogP contribution in [0.5, 0.6) is 0 Å². The molecule has 0 N–H and O–H groups in total. The maximum atomic E-state index is 12.5. The lowest BCUT2D eigenvalue weighted by atomic mass is 10.0. The molecule has 2 amide bonds. The third-order valence-electron chi connectivity index (χ3n) is 4.58.